The average Bonchev–Trinajstić information content (AvgIpc) is 3.03. The Morgan fingerprint density at radius 2 is 2.30 bits per heavy atom. The molecule has 23 heavy (non-hydrogen) atoms. The molecule has 0 bridgehead atoms. The van der Waals surface area contributed by atoms with E-state index in [1.54, 1.807) is 6.26 Å². The topological polar surface area (TPSA) is 50.0 Å². The Hall–Kier alpha value is -1.02. The van der Waals surface area contributed by atoms with Crippen LogP contribution in [0.1, 0.15) is 31.9 Å². The smallest absolute Gasteiger partial charge is 0.193 e. The van der Waals surface area contributed by atoms with Crippen molar-refractivity contribution in [1.29, 1.82) is 0 Å². The van der Waals surface area contributed by atoms with E-state index < -0.39 is 0 Å². The highest BCUT2D eigenvalue weighted by Gasteiger charge is 2.04. The minimum atomic E-state index is 0. The normalized spacial score (nSPS) is 11.0. The fourth-order valence-electron chi connectivity index (χ4n) is 1.97. The fourth-order valence-corrected chi connectivity index (χ4v) is 1.97. The van der Waals surface area contributed by atoms with E-state index in [9.17, 15) is 0 Å². The van der Waals surface area contributed by atoms with Crippen molar-refractivity contribution in [3.05, 3.63) is 36.8 Å². The molecule has 0 saturated carbocycles. The third-order valence-electron chi connectivity index (χ3n) is 3.13. The van der Waals surface area contributed by atoms with Gasteiger partial charge in [-0.2, -0.15) is 0 Å². The monoisotopic (exact) mass is 435 g/mol. The molecule has 0 spiro atoms. The van der Waals surface area contributed by atoms with Crippen LogP contribution in [0, 0.1) is 0 Å². The van der Waals surface area contributed by atoms with E-state index >= 15 is 0 Å². The number of hydrogen-bond donors (Lipinski definition) is 1. The van der Waals surface area contributed by atoms with Crippen LogP contribution >= 0.6 is 24.0 Å². The predicted molar refractivity (Wildman–Crippen MR) is 106 cm³/mol. The van der Waals surface area contributed by atoms with Crippen LogP contribution in [0.25, 0.3) is 0 Å². The molecule has 0 unspecified atom stereocenters. The van der Waals surface area contributed by atoms with Crippen LogP contribution in [-0.4, -0.2) is 44.1 Å². The maximum absolute atomic E-state index is 5.55. The Bertz CT molecular complexity index is 421. The molecule has 0 aliphatic carbocycles. The third kappa shape index (κ3) is 10.4. The van der Waals surface area contributed by atoms with E-state index in [4.69, 9.17) is 9.15 Å². The standard InChI is InChI=1S/C17H29N3O2.HI/c1-4-6-7-12-20(3)17(18-5-2)19-11-9-13-21-15-16-10-8-14-22-16;/h4,8,10,14H,1,5-7,9,11-13,15H2,2-3H3,(H,18,19);1H. The van der Waals surface area contributed by atoms with E-state index in [0.29, 0.717) is 13.2 Å². The molecule has 1 aromatic rings. The van der Waals surface area contributed by atoms with Crippen molar-refractivity contribution in [2.45, 2.75) is 32.8 Å². The van der Waals surface area contributed by atoms with Gasteiger partial charge in [0, 0.05) is 33.3 Å². The molecule has 1 N–H and O–H groups in total. The Balaban J connectivity index is 0.00000484. The molecule has 0 aromatic carbocycles. The van der Waals surface area contributed by atoms with Gasteiger partial charge in [-0.25, -0.2) is 0 Å². The largest absolute Gasteiger partial charge is 0.467 e. The number of hydrogen-bond acceptors (Lipinski definition) is 3. The molecule has 5 nitrogen and oxygen atoms in total. The van der Waals surface area contributed by atoms with Gasteiger partial charge in [-0.3, -0.25) is 4.99 Å². The van der Waals surface area contributed by atoms with Gasteiger partial charge in [0.2, 0.25) is 0 Å². The molecule has 1 heterocycles. The van der Waals surface area contributed by atoms with Crippen molar-refractivity contribution in [1.82, 2.24) is 10.2 Å². The maximum atomic E-state index is 5.55. The molecular weight excluding hydrogens is 405 g/mol. The number of furan rings is 1. The van der Waals surface area contributed by atoms with E-state index in [-0.39, 0.29) is 24.0 Å². The van der Waals surface area contributed by atoms with Gasteiger partial charge in [-0.1, -0.05) is 6.08 Å². The molecular formula is C17H30IN3O2. The van der Waals surface area contributed by atoms with Crippen LogP contribution in [0.5, 0.6) is 0 Å². The van der Waals surface area contributed by atoms with Crippen molar-refractivity contribution < 1.29 is 9.15 Å². The molecule has 0 saturated heterocycles. The predicted octanol–water partition coefficient (Wildman–Crippen LogP) is 3.67. The number of allylic oxidation sites excluding steroid dienone is 1. The highest BCUT2D eigenvalue weighted by Crippen LogP contribution is 2.02. The summed E-state index contributed by atoms with van der Waals surface area (Å²) in [6, 6.07) is 3.79. The SMILES string of the molecule is C=CCCCN(C)C(=NCCCOCc1ccco1)NCC.I. The molecule has 132 valence electrons. The summed E-state index contributed by atoms with van der Waals surface area (Å²) in [6.45, 7) is 9.65. The summed E-state index contributed by atoms with van der Waals surface area (Å²) in [5.41, 5.74) is 0. The lowest BCUT2D eigenvalue weighted by Gasteiger charge is -2.21. The van der Waals surface area contributed by atoms with Crippen LogP contribution in [0.3, 0.4) is 0 Å². The van der Waals surface area contributed by atoms with Crippen LogP contribution in [0.15, 0.2) is 40.5 Å². The molecule has 0 amide bonds. The summed E-state index contributed by atoms with van der Waals surface area (Å²) in [6.07, 6.45) is 6.64. The number of nitrogens with one attached hydrogen (secondary N) is 1. The first-order valence-corrected chi connectivity index (χ1v) is 7.98. The summed E-state index contributed by atoms with van der Waals surface area (Å²) in [5.74, 6) is 1.82. The quantitative estimate of drug-likeness (QED) is 0.190. The molecule has 1 aromatic heterocycles. The van der Waals surface area contributed by atoms with Crippen molar-refractivity contribution >= 4 is 29.9 Å². The van der Waals surface area contributed by atoms with Gasteiger partial charge in [0.05, 0.1) is 6.26 Å². The van der Waals surface area contributed by atoms with Gasteiger partial charge in [-0.05, 0) is 38.3 Å². The number of ether oxygens (including phenoxy) is 1. The van der Waals surface area contributed by atoms with Gasteiger partial charge in [0.1, 0.15) is 12.4 Å². The van der Waals surface area contributed by atoms with Crippen LogP contribution < -0.4 is 5.32 Å². The number of nitrogens with zero attached hydrogens (tertiary/aromatic N) is 2. The zero-order valence-electron chi connectivity index (χ0n) is 14.3. The molecule has 0 fully saturated rings. The van der Waals surface area contributed by atoms with Crippen molar-refractivity contribution in [2.24, 2.45) is 4.99 Å². The Kier molecular flexibility index (Phi) is 13.9. The Morgan fingerprint density at radius 3 is 2.96 bits per heavy atom. The summed E-state index contributed by atoms with van der Waals surface area (Å²) in [5, 5.41) is 3.32. The van der Waals surface area contributed by atoms with Gasteiger partial charge in [0.15, 0.2) is 5.96 Å². The van der Waals surface area contributed by atoms with E-state index in [1.807, 2.05) is 18.2 Å². The van der Waals surface area contributed by atoms with Gasteiger partial charge in [0.25, 0.3) is 0 Å². The maximum Gasteiger partial charge on any atom is 0.193 e. The van der Waals surface area contributed by atoms with E-state index in [0.717, 1.165) is 50.6 Å². The lowest BCUT2D eigenvalue weighted by molar-refractivity contribution is 0.105. The van der Waals surface area contributed by atoms with Crippen LogP contribution in [0.2, 0.25) is 0 Å². The van der Waals surface area contributed by atoms with E-state index in [2.05, 4.69) is 35.8 Å². The molecule has 6 heteroatoms. The van der Waals surface area contributed by atoms with Gasteiger partial charge in [-0.15, -0.1) is 30.6 Å². The molecule has 0 radical (unpaired) electrons. The highest BCUT2D eigenvalue weighted by atomic mass is 127. The zero-order valence-corrected chi connectivity index (χ0v) is 16.6. The first-order valence-electron chi connectivity index (χ1n) is 7.98. The van der Waals surface area contributed by atoms with Crippen molar-refractivity contribution in [3.63, 3.8) is 0 Å². The third-order valence-corrected chi connectivity index (χ3v) is 3.13. The lowest BCUT2D eigenvalue weighted by Crippen LogP contribution is -2.39. The summed E-state index contributed by atoms with van der Waals surface area (Å²) in [4.78, 5) is 6.79. The Labute approximate surface area is 157 Å². The number of aliphatic imine (C=N–C) groups is 1. The second-order valence-electron chi connectivity index (χ2n) is 5.07. The second-order valence-corrected chi connectivity index (χ2v) is 5.07. The number of rotatable bonds is 11. The van der Waals surface area contributed by atoms with Gasteiger partial charge >= 0.3 is 0 Å². The summed E-state index contributed by atoms with van der Waals surface area (Å²) >= 11 is 0. The van der Waals surface area contributed by atoms with E-state index in [1.165, 1.54) is 0 Å². The summed E-state index contributed by atoms with van der Waals surface area (Å²) in [7, 11) is 2.07. The summed E-state index contributed by atoms with van der Waals surface area (Å²) < 4.78 is 10.8. The van der Waals surface area contributed by atoms with Crippen LogP contribution in [0.4, 0.5) is 0 Å². The minimum absolute atomic E-state index is 0. The first kappa shape index (κ1) is 22.0. The highest BCUT2D eigenvalue weighted by molar-refractivity contribution is 14.0. The zero-order chi connectivity index (χ0) is 16.0. The average molecular weight is 435 g/mol. The lowest BCUT2D eigenvalue weighted by atomic mass is 10.3. The molecule has 0 aliphatic rings. The number of unbranched alkanes of at least 4 members (excludes halogenated alkanes) is 1. The first-order chi connectivity index (χ1) is 10.8. The Morgan fingerprint density at radius 1 is 1.48 bits per heavy atom. The van der Waals surface area contributed by atoms with Gasteiger partial charge < -0.3 is 19.4 Å². The molecule has 0 atom stereocenters. The second kappa shape index (κ2) is 14.6. The number of halogens is 1. The number of guanidine groups is 1. The molecule has 1 rings (SSSR count). The van der Waals surface area contributed by atoms with Crippen molar-refractivity contribution in [3.8, 4) is 0 Å². The molecule has 0 aliphatic heterocycles. The minimum Gasteiger partial charge on any atom is -0.467 e. The van der Waals surface area contributed by atoms with Crippen molar-refractivity contribution in [2.75, 3.05) is 33.3 Å². The fraction of sp³-hybridized carbons (Fsp3) is 0.588. The van der Waals surface area contributed by atoms with Crippen LogP contribution in [-0.2, 0) is 11.3 Å².